The molecule has 0 aliphatic carbocycles. The topological polar surface area (TPSA) is 175 Å². The standard InChI is InChI=1S/C22H21N3O.C21H20N4O.C20H17N3O.C18H19N3O.C16H15N3O.5C2H6/c1-14(2)24-13-25(19-9-5-4-8-18(19)24)20-15(3)10-11-16-17-7-6-12-23-22(17)26-21(16)20;1-13(2)24-12-25(21-20(24)22-10-11-23-21)18-14(3)8-9-16-15-6-4-5-7-17(15)26-19(16)18;1-13-9-10-14-15-6-5-11-21-20(15)24-19(14)18(13)23-12-22(2)16-7-3-4-8-17(16)23;1-12(2)20-9-10-21(11-20)16-13(3)6-7-14-15-5-4-8-19-18(15)22-17(14)16;1-11-5-6-12-13-4-3-7-17-16(13)20-15(12)14(11)19-9-8-18(2)10-19;5*1-2/h4-12,14H,13H2,1-3H3;4-11,13H,12H2,1-3H3;3-11H,12H2,1-2H3;4-10,12H,11H2,1-3H3;3-9H,10H2,1-2H3;5*1-2H3/i;1D3,13D;;;;;;;;. The van der Waals surface area contributed by atoms with Crippen LogP contribution in [0.15, 0.2) is 266 Å². The van der Waals surface area contributed by atoms with Gasteiger partial charge in [0.15, 0.2) is 39.6 Å². The fourth-order valence-corrected chi connectivity index (χ4v) is 17.1. The minimum atomic E-state index is -2.53. The highest BCUT2D eigenvalue weighted by atomic mass is 16.4. The lowest BCUT2D eigenvalue weighted by molar-refractivity contribution is 0.336. The Kier molecular flexibility index (Phi) is 26.2. The monoisotopic (exact) mass is 1720 g/mol. The zero-order chi connectivity index (χ0) is 94.3. The molecule has 0 bridgehead atoms. The van der Waals surface area contributed by atoms with E-state index in [1.807, 2.05) is 142 Å². The smallest absolute Gasteiger partial charge is 0.227 e. The summed E-state index contributed by atoms with van der Waals surface area (Å²) in [6, 6.07) is 61.2. The predicted molar refractivity (Wildman–Crippen MR) is 537 cm³/mol. The first-order chi connectivity index (χ1) is 64.0. The molecule has 23 rings (SSSR count). The van der Waals surface area contributed by atoms with Crippen molar-refractivity contribution in [1.82, 2.24) is 39.7 Å². The average molecular weight is 1720 g/mol. The minimum Gasteiger partial charge on any atom is -0.454 e. The molecule has 660 valence electrons. The average Bonchev–Trinajstić information content (AvgIpc) is 1.61. The van der Waals surface area contributed by atoms with Gasteiger partial charge in [0.2, 0.25) is 22.9 Å². The van der Waals surface area contributed by atoms with Crippen molar-refractivity contribution < 1.29 is 27.6 Å². The number of anilines is 11. The summed E-state index contributed by atoms with van der Waals surface area (Å²) < 4.78 is 62.9. The van der Waals surface area contributed by atoms with Crippen LogP contribution in [0.5, 0.6) is 0 Å². The quantitative estimate of drug-likeness (QED) is 0.140. The van der Waals surface area contributed by atoms with E-state index in [-0.39, 0.29) is 6.67 Å². The second-order valence-electron chi connectivity index (χ2n) is 31.3. The van der Waals surface area contributed by atoms with Gasteiger partial charge in [0.1, 0.15) is 5.58 Å². The van der Waals surface area contributed by atoms with E-state index in [0.717, 1.165) is 142 Å². The number of hydrogen-bond donors (Lipinski definition) is 0. The highest BCUT2D eigenvalue weighted by Gasteiger charge is 2.36. The SMILES string of the molecule is CC.CC.CC.CC.CC.Cc1ccc2c(oc3ncccc32)c1N1C=CN(C(C)C)C1.Cc1ccc2c(oc3ncccc32)c1N1C=CN(C)C1.Cc1ccc2c(oc3ncccc32)c1N1CN(C(C)C)c2ccccc21.Cc1ccc2c(oc3ncccc32)c1N1CN(C)c2ccccc21.[2H]C([2H])([2H])C([2H])(C)N1CN(c2c(C)ccc3c2oc2ccccc23)c2nccnc21. The van der Waals surface area contributed by atoms with E-state index in [1.165, 1.54) is 63.0 Å². The molecular weight excluding hydrogens is 1590 g/mol. The number of aryl methyl sites for hydroxylation is 5. The Morgan fingerprint density at radius 1 is 0.305 bits per heavy atom. The van der Waals surface area contributed by atoms with Crippen LogP contribution in [0.4, 0.5) is 62.8 Å². The summed E-state index contributed by atoms with van der Waals surface area (Å²) in [6.07, 6.45) is 18.6. The third-order valence-corrected chi connectivity index (χ3v) is 23.0. The lowest BCUT2D eigenvalue weighted by Crippen LogP contribution is -2.34. The Balaban J connectivity index is 0.000000130. The van der Waals surface area contributed by atoms with Crippen molar-refractivity contribution in [2.75, 3.05) is 86.6 Å². The summed E-state index contributed by atoms with van der Waals surface area (Å²) in [5.41, 5.74) is 24.0. The molecule has 5 aliphatic rings. The van der Waals surface area contributed by atoms with Crippen LogP contribution >= 0.6 is 0 Å². The molecule has 0 saturated carbocycles. The summed E-state index contributed by atoms with van der Waals surface area (Å²) in [7, 11) is 4.18. The van der Waals surface area contributed by atoms with Gasteiger partial charge in [-0.25, -0.2) is 29.9 Å². The van der Waals surface area contributed by atoms with E-state index in [4.69, 9.17) is 27.6 Å². The molecule has 0 N–H and O–H groups in total. The Bertz CT molecular complexity index is 7170. The van der Waals surface area contributed by atoms with Crippen molar-refractivity contribution in [3.63, 3.8) is 0 Å². The van der Waals surface area contributed by atoms with Gasteiger partial charge in [0, 0.05) is 152 Å². The zero-order valence-electron chi connectivity index (χ0n) is 82.0. The number of fused-ring (bicyclic) bond motifs is 18. The lowest BCUT2D eigenvalue weighted by Gasteiger charge is -2.26. The molecule has 128 heavy (non-hydrogen) atoms. The van der Waals surface area contributed by atoms with Crippen LogP contribution in [0, 0.1) is 34.6 Å². The number of benzene rings is 8. The molecule has 5 aliphatic heterocycles. The molecule has 0 radical (unpaired) electrons. The highest BCUT2D eigenvalue weighted by Crippen LogP contribution is 2.50. The van der Waals surface area contributed by atoms with Crippen molar-refractivity contribution in [3.05, 3.63) is 272 Å². The van der Waals surface area contributed by atoms with Crippen molar-refractivity contribution in [2.45, 2.75) is 163 Å². The normalized spacial score (nSPS) is 14.4. The number of para-hydroxylation sites is 5. The molecule has 0 saturated heterocycles. The van der Waals surface area contributed by atoms with Gasteiger partial charge in [-0.3, -0.25) is 0 Å². The summed E-state index contributed by atoms with van der Waals surface area (Å²) in [4.78, 5) is 47.9. The Morgan fingerprint density at radius 2 is 0.664 bits per heavy atom. The maximum atomic E-state index is 8.61. The third-order valence-electron chi connectivity index (χ3n) is 23.0. The zero-order valence-corrected chi connectivity index (χ0v) is 78.0. The van der Waals surface area contributed by atoms with Crippen LogP contribution in [0.25, 0.3) is 110 Å². The molecule has 21 nitrogen and oxygen atoms in total. The molecule has 1 atom stereocenters. The van der Waals surface area contributed by atoms with E-state index >= 15 is 0 Å². The molecule has 1 unspecified atom stereocenters. The van der Waals surface area contributed by atoms with Crippen LogP contribution in [0.3, 0.4) is 0 Å². The maximum absolute atomic E-state index is 8.61. The van der Waals surface area contributed by atoms with Crippen LogP contribution < -0.4 is 39.2 Å². The number of nitrogens with zero attached hydrogens (tertiary/aromatic N) is 16. The Hall–Kier alpha value is -14.1. The highest BCUT2D eigenvalue weighted by molar-refractivity contribution is 6.14. The fourth-order valence-electron chi connectivity index (χ4n) is 17.1. The van der Waals surface area contributed by atoms with Crippen LogP contribution in [-0.4, -0.2) is 105 Å². The Labute approximate surface area is 758 Å². The van der Waals surface area contributed by atoms with Gasteiger partial charge < -0.3 is 71.1 Å². The first-order valence-corrected chi connectivity index (χ1v) is 44.9. The van der Waals surface area contributed by atoms with Gasteiger partial charge in [0.05, 0.1) is 85.9 Å². The molecule has 0 spiro atoms. The molecule has 18 aromatic rings. The molecule has 0 amide bonds. The van der Waals surface area contributed by atoms with Gasteiger partial charge in [-0.15, -0.1) is 0 Å². The van der Waals surface area contributed by atoms with Crippen LogP contribution in [-0.2, 0) is 0 Å². The minimum absolute atomic E-state index is 0.134. The fraction of sp³-hybridized carbons (Fsp3) is 0.290. The van der Waals surface area contributed by atoms with Gasteiger partial charge >= 0.3 is 0 Å². The van der Waals surface area contributed by atoms with E-state index in [9.17, 15) is 0 Å². The summed E-state index contributed by atoms with van der Waals surface area (Å²) in [5.74, 6) is 0.884. The molecule has 21 heteroatoms. The van der Waals surface area contributed by atoms with Gasteiger partial charge in [-0.1, -0.05) is 172 Å². The van der Waals surface area contributed by atoms with Gasteiger partial charge in [-0.05, 0) is 183 Å². The number of furan rings is 5. The molecule has 10 aromatic heterocycles. The predicted octanol–water partition coefficient (Wildman–Crippen LogP) is 28.3. The van der Waals surface area contributed by atoms with Crippen molar-refractivity contribution >= 4 is 173 Å². The van der Waals surface area contributed by atoms with Crippen molar-refractivity contribution in [1.29, 1.82) is 0 Å². The van der Waals surface area contributed by atoms with Gasteiger partial charge in [0.25, 0.3) is 0 Å². The van der Waals surface area contributed by atoms with Crippen LogP contribution in [0.1, 0.15) is 144 Å². The number of hydrogen-bond acceptors (Lipinski definition) is 21. The Morgan fingerprint density at radius 3 is 1.10 bits per heavy atom. The van der Waals surface area contributed by atoms with Crippen molar-refractivity contribution in [3.8, 4) is 0 Å². The second kappa shape index (κ2) is 39.6. The summed E-state index contributed by atoms with van der Waals surface area (Å²) >= 11 is 0. The molecule has 8 aromatic carbocycles. The van der Waals surface area contributed by atoms with E-state index < -0.39 is 12.9 Å². The number of aromatic nitrogens is 6. The van der Waals surface area contributed by atoms with Crippen LogP contribution in [0.2, 0.25) is 0 Å². The van der Waals surface area contributed by atoms with E-state index in [2.05, 4.69) is 285 Å². The largest absolute Gasteiger partial charge is 0.454 e. The number of pyridine rings is 4. The lowest BCUT2D eigenvalue weighted by atomic mass is 10.1. The number of rotatable bonds is 8. The maximum Gasteiger partial charge on any atom is 0.227 e. The summed E-state index contributed by atoms with van der Waals surface area (Å²) in [5, 5.41) is 10.7. The van der Waals surface area contributed by atoms with E-state index in [1.54, 1.807) is 31.0 Å². The van der Waals surface area contributed by atoms with Gasteiger partial charge in [-0.2, -0.15) is 0 Å². The molecule has 0 fully saturated rings. The first kappa shape index (κ1) is 84.7. The first-order valence-electron chi connectivity index (χ1n) is 46.9. The third kappa shape index (κ3) is 17.0. The summed E-state index contributed by atoms with van der Waals surface area (Å²) in [6.45, 7) is 41.7. The second-order valence-corrected chi connectivity index (χ2v) is 31.3. The van der Waals surface area contributed by atoms with Crippen molar-refractivity contribution in [2.24, 2.45) is 0 Å². The van der Waals surface area contributed by atoms with E-state index in [0.29, 0.717) is 52.2 Å². The molecule has 15 heterocycles. The molecular formula is C107H122N16O5.